The Labute approximate surface area is 104 Å². The first-order valence-corrected chi connectivity index (χ1v) is 6.04. The molecule has 1 heterocycles. The van der Waals surface area contributed by atoms with Gasteiger partial charge in [-0.3, -0.25) is 0 Å². The molecular formula is C12H14BrNO2. The minimum atomic E-state index is -0.281. The van der Waals surface area contributed by atoms with Crippen molar-refractivity contribution >= 4 is 27.6 Å². The lowest BCUT2D eigenvalue weighted by molar-refractivity contribution is 0.0600. The monoisotopic (exact) mass is 283 g/mol. The molecule has 1 aromatic rings. The van der Waals surface area contributed by atoms with Gasteiger partial charge in [0.15, 0.2) is 0 Å². The molecule has 0 fully saturated rings. The first kappa shape index (κ1) is 11.5. The van der Waals surface area contributed by atoms with E-state index in [-0.39, 0.29) is 5.97 Å². The molecule has 0 N–H and O–H groups in total. The van der Waals surface area contributed by atoms with E-state index < -0.39 is 0 Å². The zero-order chi connectivity index (χ0) is 11.7. The Kier molecular flexibility index (Phi) is 3.19. The van der Waals surface area contributed by atoms with E-state index in [1.807, 2.05) is 12.1 Å². The highest BCUT2D eigenvalue weighted by Gasteiger charge is 2.19. The number of hydrogen-bond acceptors (Lipinski definition) is 3. The number of ether oxygens (including phenoxy) is 1. The van der Waals surface area contributed by atoms with Crippen LogP contribution in [0, 0.1) is 0 Å². The molecule has 1 aliphatic rings. The maximum atomic E-state index is 11.5. The summed E-state index contributed by atoms with van der Waals surface area (Å²) in [6, 6.07) is 3.76. The van der Waals surface area contributed by atoms with Gasteiger partial charge in [0.25, 0.3) is 0 Å². The number of aryl methyl sites for hydroxylation is 1. The Morgan fingerprint density at radius 2 is 2.25 bits per heavy atom. The number of fused-ring (bicyclic) bond motifs is 1. The summed E-state index contributed by atoms with van der Waals surface area (Å²) < 4.78 is 5.70. The molecule has 16 heavy (non-hydrogen) atoms. The SMILES string of the molecule is COC(=O)c1cc(Br)c2c(c1)CCCN2C. The molecule has 0 saturated heterocycles. The van der Waals surface area contributed by atoms with Gasteiger partial charge in [0.1, 0.15) is 0 Å². The fourth-order valence-electron chi connectivity index (χ4n) is 2.13. The molecule has 0 atom stereocenters. The maximum Gasteiger partial charge on any atom is 0.337 e. The second kappa shape index (κ2) is 4.45. The van der Waals surface area contributed by atoms with Crippen molar-refractivity contribution in [1.29, 1.82) is 0 Å². The van der Waals surface area contributed by atoms with Crippen LogP contribution >= 0.6 is 15.9 Å². The zero-order valence-corrected chi connectivity index (χ0v) is 11.0. The Balaban J connectivity index is 2.49. The van der Waals surface area contributed by atoms with E-state index in [0.29, 0.717) is 5.56 Å². The van der Waals surface area contributed by atoms with E-state index in [4.69, 9.17) is 4.74 Å². The predicted molar refractivity (Wildman–Crippen MR) is 67.1 cm³/mol. The second-order valence-electron chi connectivity index (χ2n) is 3.98. The van der Waals surface area contributed by atoms with Crippen molar-refractivity contribution in [2.45, 2.75) is 12.8 Å². The third kappa shape index (κ3) is 1.94. The smallest absolute Gasteiger partial charge is 0.337 e. The molecule has 86 valence electrons. The molecule has 3 nitrogen and oxygen atoms in total. The zero-order valence-electron chi connectivity index (χ0n) is 9.42. The van der Waals surface area contributed by atoms with Crippen LogP contribution in [0.2, 0.25) is 0 Å². The number of benzene rings is 1. The molecule has 0 spiro atoms. The van der Waals surface area contributed by atoms with Crippen LogP contribution in [0.1, 0.15) is 22.3 Å². The highest BCUT2D eigenvalue weighted by Crippen LogP contribution is 2.34. The summed E-state index contributed by atoms with van der Waals surface area (Å²) in [5.41, 5.74) is 3.02. The van der Waals surface area contributed by atoms with Crippen LogP contribution in [-0.4, -0.2) is 26.7 Å². The van der Waals surface area contributed by atoms with Crippen molar-refractivity contribution in [3.8, 4) is 0 Å². The molecule has 0 radical (unpaired) electrons. The van der Waals surface area contributed by atoms with Gasteiger partial charge in [0.2, 0.25) is 0 Å². The van der Waals surface area contributed by atoms with Crippen LogP contribution in [0.5, 0.6) is 0 Å². The second-order valence-corrected chi connectivity index (χ2v) is 4.84. The maximum absolute atomic E-state index is 11.5. The lowest BCUT2D eigenvalue weighted by atomic mass is 9.99. The van der Waals surface area contributed by atoms with Crippen LogP contribution in [0.4, 0.5) is 5.69 Å². The van der Waals surface area contributed by atoms with E-state index in [0.717, 1.165) is 23.9 Å². The van der Waals surface area contributed by atoms with Gasteiger partial charge in [-0.15, -0.1) is 0 Å². The topological polar surface area (TPSA) is 29.5 Å². The molecule has 0 unspecified atom stereocenters. The first-order valence-electron chi connectivity index (χ1n) is 5.25. The number of esters is 1. The average molecular weight is 284 g/mol. The van der Waals surface area contributed by atoms with Gasteiger partial charge in [0.05, 0.1) is 18.4 Å². The van der Waals surface area contributed by atoms with Crippen LogP contribution in [0.25, 0.3) is 0 Å². The molecule has 1 aliphatic heterocycles. The summed E-state index contributed by atoms with van der Waals surface area (Å²) in [6.07, 6.45) is 2.14. The first-order chi connectivity index (χ1) is 7.63. The van der Waals surface area contributed by atoms with Gasteiger partial charge in [-0.05, 0) is 46.5 Å². The largest absolute Gasteiger partial charge is 0.465 e. The van der Waals surface area contributed by atoms with Crippen molar-refractivity contribution in [2.75, 3.05) is 25.6 Å². The Morgan fingerprint density at radius 3 is 2.94 bits per heavy atom. The summed E-state index contributed by atoms with van der Waals surface area (Å²) in [7, 11) is 3.47. The van der Waals surface area contributed by atoms with Crippen molar-refractivity contribution in [3.63, 3.8) is 0 Å². The molecule has 4 heteroatoms. The minimum Gasteiger partial charge on any atom is -0.465 e. The highest BCUT2D eigenvalue weighted by molar-refractivity contribution is 9.10. The molecule has 1 aromatic carbocycles. The molecule has 0 aliphatic carbocycles. The lowest BCUT2D eigenvalue weighted by Gasteiger charge is -2.29. The quantitative estimate of drug-likeness (QED) is 0.742. The fraction of sp³-hybridized carbons (Fsp3) is 0.417. The summed E-state index contributed by atoms with van der Waals surface area (Å²) in [5.74, 6) is -0.281. The number of methoxy groups -OCH3 is 1. The molecule has 0 aromatic heterocycles. The number of hydrogen-bond donors (Lipinski definition) is 0. The Bertz CT molecular complexity index is 431. The Morgan fingerprint density at radius 1 is 1.50 bits per heavy atom. The third-order valence-corrected chi connectivity index (χ3v) is 3.49. The number of carbonyl (C=O) groups is 1. The van der Waals surface area contributed by atoms with E-state index >= 15 is 0 Å². The fourth-order valence-corrected chi connectivity index (χ4v) is 2.93. The van der Waals surface area contributed by atoms with Crippen LogP contribution in [-0.2, 0) is 11.2 Å². The van der Waals surface area contributed by atoms with E-state index in [1.54, 1.807) is 0 Å². The number of anilines is 1. The number of rotatable bonds is 1. The molecule has 2 rings (SSSR count). The average Bonchev–Trinajstić information content (AvgIpc) is 2.27. The molecule has 0 amide bonds. The summed E-state index contributed by atoms with van der Waals surface area (Å²) >= 11 is 3.52. The third-order valence-electron chi connectivity index (χ3n) is 2.88. The van der Waals surface area contributed by atoms with Gasteiger partial charge in [-0.2, -0.15) is 0 Å². The van der Waals surface area contributed by atoms with Crippen LogP contribution in [0.3, 0.4) is 0 Å². The summed E-state index contributed by atoms with van der Waals surface area (Å²) in [4.78, 5) is 13.7. The van der Waals surface area contributed by atoms with Gasteiger partial charge in [0, 0.05) is 18.1 Å². The van der Waals surface area contributed by atoms with Crippen molar-refractivity contribution < 1.29 is 9.53 Å². The normalized spacial score (nSPS) is 14.6. The predicted octanol–water partition coefficient (Wildman–Crippen LogP) is 2.62. The number of carbonyl (C=O) groups excluding carboxylic acids is 1. The number of halogens is 1. The standard InChI is InChI=1S/C12H14BrNO2/c1-14-5-3-4-8-6-9(12(15)16-2)7-10(13)11(8)14/h6-7H,3-5H2,1-2H3. The lowest BCUT2D eigenvalue weighted by Crippen LogP contribution is -2.25. The van der Waals surface area contributed by atoms with Gasteiger partial charge < -0.3 is 9.64 Å². The van der Waals surface area contributed by atoms with Gasteiger partial charge >= 0.3 is 5.97 Å². The minimum absolute atomic E-state index is 0.281. The van der Waals surface area contributed by atoms with Gasteiger partial charge in [-0.1, -0.05) is 0 Å². The Hall–Kier alpha value is -1.03. The van der Waals surface area contributed by atoms with Crippen LogP contribution in [0.15, 0.2) is 16.6 Å². The highest BCUT2D eigenvalue weighted by atomic mass is 79.9. The summed E-state index contributed by atoms with van der Waals surface area (Å²) in [6.45, 7) is 1.06. The summed E-state index contributed by atoms with van der Waals surface area (Å²) in [5, 5.41) is 0. The molecule has 0 saturated carbocycles. The number of nitrogens with zero attached hydrogens (tertiary/aromatic N) is 1. The molecular weight excluding hydrogens is 270 g/mol. The van der Waals surface area contributed by atoms with E-state index in [1.165, 1.54) is 18.4 Å². The molecule has 0 bridgehead atoms. The van der Waals surface area contributed by atoms with Crippen molar-refractivity contribution in [3.05, 3.63) is 27.7 Å². The van der Waals surface area contributed by atoms with Crippen molar-refractivity contribution in [2.24, 2.45) is 0 Å². The van der Waals surface area contributed by atoms with Crippen molar-refractivity contribution in [1.82, 2.24) is 0 Å². The van der Waals surface area contributed by atoms with Crippen LogP contribution < -0.4 is 4.90 Å². The van der Waals surface area contributed by atoms with E-state index in [2.05, 4.69) is 27.9 Å². The van der Waals surface area contributed by atoms with E-state index in [9.17, 15) is 4.79 Å². The van der Waals surface area contributed by atoms with Gasteiger partial charge in [-0.25, -0.2) is 4.79 Å².